The molecule has 0 amide bonds. The molecule has 0 saturated carbocycles. The van der Waals surface area contributed by atoms with Gasteiger partial charge < -0.3 is 10.2 Å². The minimum atomic E-state index is -0.116. The molecule has 0 bridgehead atoms. The minimum Gasteiger partial charge on any atom is -0.364 e. The van der Waals surface area contributed by atoms with Crippen molar-refractivity contribution in [3.8, 4) is 17.3 Å². The van der Waals surface area contributed by atoms with Crippen molar-refractivity contribution in [2.75, 3.05) is 36.4 Å². The van der Waals surface area contributed by atoms with Gasteiger partial charge in [-0.25, -0.2) is 4.98 Å². The molecule has 1 aliphatic heterocycles. The molecule has 0 spiro atoms. The Hall–Kier alpha value is -3.41. The number of hydrogen-bond acceptors (Lipinski definition) is 7. The summed E-state index contributed by atoms with van der Waals surface area (Å²) in [5.74, 6) is 0.948. The Morgan fingerprint density at radius 1 is 0.972 bits per heavy atom. The summed E-state index contributed by atoms with van der Waals surface area (Å²) in [5.41, 5.74) is 5.21. The van der Waals surface area contributed by atoms with Crippen molar-refractivity contribution in [3.05, 3.63) is 65.2 Å². The molecule has 1 aliphatic rings. The second-order valence-electron chi connectivity index (χ2n) is 10.4. The summed E-state index contributed by atoms with van der Waals surface area (Å²) in [6.45, 7) is 13.4. The molecule has 0 radical (unpaired) electrons. The van der Waals surface area contributed by atoms with Gasteiger partial charge in [0.1, 0.15) is 5.69 Å². The summed E-state index contributed by atoms with van der Waals surface area (Å²) < 4.78 is 1.98. The van der Waals surface area contributed by atoms with Crippen LogP contribution in [0.5, 0.6) is 0 Å². The van der Waals surface area contributed by atoms with Crippen LogP contribution in [0.15, 0.2) is 48.5 Å². The number of fused-ring (bicyclic) bond motifs is 1. The standard InChI is InChI=1S/C28H33N7S/c1-5-20-10-12-23(13-11-20)24-25(31-28(2,3)4)35-26(30-24)36-27(32-35)34-16-14-33(15-17-34)19-22-8-6-21(18-29)7-9-22/h6-13,31H,5,14-17,19H2,1-4H3. The number of nitriles is 1. The van der Waals surface area contributed by atoms with E-state index in [-0.39, 0.29) is 5.54 Å². The predicted octanol–water partition coefficient (Wildman–Crippen LogP) is 5.42. The van der Waals surface area contributed by atoms with Crippen LogP contribution in [0.25, 0.3) is 16.2 Å². The lowest BCUT2D eigenvalue weighted by Gasteiger charge is -2.34. The SMILES string of the molecule is CCc1ccc(-c2nc3sc(N4CCN(Cc5ccc(C#N)cc5)CC4)nn3c2NC(C)(C)C)cc1. The molecule has 0 aliphatic carbocycles. The Kier molecular flexibility index (Phi) is 6.69. The molecule has 0 unspecified atom stereocenters. The third-order valence-electron chi connectivity index (χ3n) is 6.45. The average molecular weight is 500 g/mol. The Bertz CT molecular complexity index is 1360. The van der Waals surface area contributed by atoms with Crippen molar-refractivity contribution < 1.29 is 0 Å². The fraction of sp³-hybridized carbons (Fsp3) is 0.393. The zero-order valence-electron chi connectivity index (χ0n) is 21.5. The molecular formula is C28H33N7S. The summed E-state index contributed by atoms with van der Waals surface area (Å²) in [5, 5.41) is 18.7. The van der Waals surface area contributed by atoms with Crippen molar-refractivity contribution in [2.45, 2.75) is 46.2 Å². The van der Waals surface area contributed by atoms with Gasteiger partial charge in [0.05, 0.1) is 11.6 Å². The average Bonchev–Trinajstić information content (AvgIpc) is 3.43. The van der Waals surface area contributed by atoms with E-state index in [9.17, 15) is 0 Å². The van der Waals surface area contributed by atoms with E-state index in [2.05, 4.69) is 85.3 Å². The fourth-order valence-corrected chi connectivity index (χ4v) is 5.43. The summed E-state index contributed by atoms with van der Waals surface area (Å²) >= 11 is 1.65. The number of anilines is 2. The first-order valence-corrected chi connectivity index (χ1v) is 13.4. The van der Waals surface area contributed by atoms with Crippen LogP contribution in [0, 0.1) is 11.3 Å². The maximum Gasteiger partial charge on any atom is 0.216 e. The summed E-state index contributed by atoms with van der Waals surface area (Å²) in [7, 11) is 0. The molecule has 36 heavy (non-hydrogen) atoms. The van der Waals surface area contributed by atoms with E-state index in [1.807, 2.05) is 16.6 Å². The molecule has 1 saturated heterocycles. The Morgan fingerprint density at radius 2 is 1.64 bits per heavy atom. The molecule has 2 aromatic carbocycles. The molecule has 1 N–H and O–H groups in total. The number of hydrogen-bond donors (Lipinski definition) is 1. The van der Waals surface area contributed by atoms with Crippen LogP contribution in [0.1, 0.15) is 44.4 Å². The van der Waals surface area contributed by atoms with Gasteiger partial charge in [0.2, 0.25) is 10.1 Å². The van der Waals surface area contributed by atoms with E-state index in [4.69, 9.17) is 15.3 Å². The summed E-state index contributed by atoms with van der Waals surface area (Å²) in [4.78, 5) is 10.8. The molecule has 0 atom stereocenters. The van der Waals surface area contributed by atoms with Crippen molar-refractivity contribution >= 4 is 27.2 Å². The lowest BCUT2D eigenvalue weighted by atomic mass is 10.1. The number of benzene rings is 2. The quantitative estimate of drug-likeness (QED) is 0.382. The molecule has 186 valence electrons. The number of imidazole rings is 1. The van der Waals surface area contributed by atoms with Gasteiger partial charge in [-0.05, 0) is 50.5 Å². The second-order valence-corrected chi connectivity index (χ2v) is 11.3. The molecule has 4 aromatic rings. The Labute approximate surface area is 217 Å². The zero-order chi connectivity index (χ0) is 25.3. The first kappa shape index (κ1) is 24.3. The maximum absolute atomic E-state index is 9.01. The van der Waals surface area contributed by atoms with E-state index in [1.54, 1.807) is 11.3 Å². The first-order valence-electron chi connectivity index (χ1n) is 12.6. The van der Waals surface area contributed by atoms with Crippen LogP contribution < -0.4 is 10.2 Å². The van der Waals surface area contributed by atoms with E-state index in [1.165, 1.54) is 11.1 Å². The minimum absolute atomic E-state index is 0.116. The number of aryl methyl sites for hydroxylation is 1. The lowest BCUT2D eigenvalue weighted by Crippen LogP contribution is -2.46. The van der Waals surface area contributed by atoms with Gasteiger partial charge in [-0.2, -0.15) is 9.78 Å². The van der Waals surface area contributed by atoms with E-state index in [0.29, 0.717) is 5.56 Å². The molecular weight excluding hydrogens is 466 g/mol. The topological polar surface area (TPSA) is 72.5 Å². The molecule has 3 heterocycles. The summed E-state index contributed by atoms with van der Waals surface area (Å²) in [6.07, 6.45) is 1.03. The van der Waals surface area contributed by atoms with Crippen molar-refractivity contribution in [2.24, 2.45) is 0 Å². The van der Waals surface area contributed by atoms with Crippen molar-refractivity contribution in [3.63, 3.8) is 0 Å². The molecule has 1 fully saturated rings. The Morgan fingerprint density at radius 3 is 2.25 bits per heavy atom. The van der Waals surface area contributed by atoms with Crippen LogP contribution in [0.4, 0.5) is 10.9 Å². The third kappa shape index (κ3) is 5.23. The van der Waals surface area contributed by atoms with E-state index in [0.717, 1.165) is 66.3 Å². The van der Waals surface area contributed by atoms with Crippen LogP contribution in [0.3, 0.4) is 0 Å². The van der Waals surface area contributed by atoms with Gasteiger partial charge in [-0.15, -0.1) is 5.10 Å². The van der Waals surface area contributed by atoms with Crippen LogP contribution >= 0.6 is 11.3 Å². The summed E-state index contributed by atoms with van der Waals surface area (Å²) in [6, 6.07) is 18.8. The third-order valence-corrected chi connectivity index (χ3v) is 7.42. The first-order chi connectivity index (χ1) is 17.3. The van der Waals surface area contributed by atoms with Gasteiger partial charge in [-0.3, -0.25) is 4.90 Å². The number of rotatable bonds is 6. The zero-order valence-corrected chi connectivity index (χ0v) is 22.3. The highest BCUT2D eigenvalue weighted by Gasteiger charge is 2.25. The van der Waals surface area contributed by atoms with Crippen molar-refractivity contribution in [1.29, 1.82) is 5.26 Å². The molecule has 7 nitrogen and oxygen atoms in total. The maximum atomic E-state index is 9.01. The smallest absolute Gasteiger partial charge is 0.216 e. The monoisotopic (exact) mass is 499 g/mol. The number of nitrogens with zero attached hydrogens (tertiary/aromatic N) is 6. The lowest BCUT2D eigenvalue weighted by molar-refractivity contribution is 0.249. The normalized spacial score (nSPS) is 14.8. The van der Waals surface area contributed by atoms with E-state index < -0.39 is 0 Å². The number of piperazine rings is 1. The molecule has 5 rings (SSSR count). The second kappa shape index (κ2) is 9.92. The fourth-order valence-electron chi connectivity index (χ4n) is 4.47. The number of nitrogens with one attached hydrogen (secondary N) is 1. The van der Waals surface area contributed by atoms with E-state index >= 15 is 0 Å². The van der Waals surface area contributed by atoms with Crippen molar-refractivity contribution in [1.82, 2.24) is 19.5 Å². The van der Waals surface area contributed by atoms with Gasteiger partial charge in [0.15, 0.2) is 5.82 Å². The van der Waals surface area contributed by atoms with Crippen LogP contribution in [0.2, 0.25) is 0 Å². The Balaban J connectivity index is 1.34. The highest BCUT2D eigenvalue weighted by atomic mass is 32.1. The van der Waals surface area contributed by atoms with Gasteiger partial charge in [-0.1, -0.05) is 54.7 Å². The highest BCUT2D eigenvalue weighted by molar-refractivity contribution is 7.20. The number of aromatic nitrogens is 3. The highest BCUT2D eigenvalue weighted by Crippen LogP contribution is 2.35. The predicted molar refractivity (Wildman–Crippen MR) is 148 cm³/mol. The van der Waals surface area contributed by atoms with Gasteiger partial charge in [0, 0.05) is 43.8 Å². The van der Waals surface area contributed by atoms with Gasteiger partial charge in [0.25, 0.3) is 0 Å². The molecule has 8 heteroatoms. The van der Waals surface area contributed by atoms with Crippen LogP contribution in [-0.2, 0) is 13.0 Å². The van der Waals surface area contributed by atoms with Crippen LogP contribution in [-0.4, -0.2) is 51.2 Å². The van der Waals surface area contributed by atoms with Gasteiger partial charge >= 0.3 is 0 Å². The molecule has 2 aromatic heterocycles. The largest absolute Gasteiger partial charge is 0.364 e.